The van der Waals surface area contributed by atoms with Crippen molar-refractivity contribution in [1.29, 1.82) is 0 Å². The molecule has 2 rings (SSSR count). The molecule has 1 aliphatic rings. The van der Waals surface area contributed by atoms with Gasteiger partial charge in [-0.3, -0.25) is 0 Å². The zero-order valence-electron chi connectivity index (χ0n) is 8.34. The van der Waals surface area contributed by atoms with E-state index in [0.29, 0.717) is 16.1 Å². The molecule has 0 bridgehead atoms. The van der Waals surface area contributed by atoms with Crippen LogP contribution in [0.15, 0.2) is 23.8 Å². The first-order valence-electron chi connectivity index (χ1n) is 5.06. The molecule has 0 spiro atoms. The van der Waals surface area contributed by atoms with Gasteiger partial charge in [0, 0.05) is 6.04 Å². The van der Waals surface area contributed by atoms with E-state index in [0.717, 1.165) is 24.8 Å². The van der Waals surface area contributed by atoms with Crippen molar-refractivity contribution in [3.63, 3.8) is 0 Å². The first-order valence-corrected chi connectivity index (χ1v) is 5.81. The summed E-state index contributed by atoms with van der Waals surface area (Å²) in [7, 11) is 0. The van der Waals surface area contributed by atoms with Gasteiger partial charge >= 0.3 is 0 Å². The molecule has 1 nitrogen and oxygen atoms in total. The summed E-state index contributed by atoms with van der Waals surface area (Å²) >= 11 is 12.0. The van der Waals surface area contributed by atoms with Crippen LogP contribution in [0.25, 0.3) is 6.08 Å². The zero-order chi connectivity index (χ0) is 10.8. The third-order valence-electron chi connectivity index (χ3n) is 2.70. The zero-order valence-corrected chi connectivity index (χ0v) is 9.85. The molecule has 1 fully saturated rings. The summed E-state index contributed by atoms with van der Waals surface area (Å²) in [5, 5.41) is 1.24. The number of halogens is 2. The second kappa shape index (κ2) is 4.56. The van der Waals surface area contributed by atoms with Crippen molar-refractivity contribution in [1.82, 2.24) is 0 Å². The minimum Gasteiger partial charge on any atom is -0.327 e. The Hall–Kier alpha value is -0.500. The predicted molar refractivity (Wildman–Crippen MR) is 66.3 cm³/mol. The average Bonchev–Trinajstić information content (AvgIpc) is 2.59. The Balaban J connectivity index is 2.27. The Labute approximate surface area is 99.9 Å². The molecule has 15 heavy (non-hydrogen) atoms. The van der Waals surface area contributed by atoms with E-state index in [1.165, 1.54) is 5.57 Å². The van der Waals surface area contributed by atoms with Crippen LogP contribution in [0.3, 0.4) is 0 Å². The van der Waals surface area contributed by atoms with Crippen LogP contribution >= 0.6 is 23.2 Å². The number of nitrogens with two attached hydrogens (primary N) is 1. The maximum atomic E-state index is 6.10. The van der Waals surface area contributed by atoms with Gasteiger partial charge in [-0.15, -0.1) is 0 Å². The lowest BCUT2D eigenvalue weighted by molar-refractivity contribution is 0.711. The molecule has 80 valence electrons. The lowest BCUT2D eigenvalue weighted by Crippen LogP contribution is -2.13. The van der Waals surface area contributed by atoms with Crippen molar-refractivity contribution in [2.24, 2.45) is 5.73 Å². The highest BCUT2D eigenvalue weighted by molar-refractivity contribution is 6.42. The Morgan fingerprint density at radius 1 is 1.33 bits per heavy atom. The quantitative estimate of drug-likeness (QED) is 0.794. The molecular weight excluding hydrogens is 229 g/mol. The summed E-state index contributed by atoms with van der Waals surface area (Å²) in [6.07, 6.45) is 5.23. The molecule has 3 heteroatoms. The maximum Gasteiger partial charge on any atom is 0.0664 e. The van der Waals surface area contributed by atoms with Gasteiger partial charge in [0.25, 0.3) is 0 Å². The minimum atomic E-state index is 0.314. The minimum absolute atomic E-state index is 0.314. The van der Waals surface area contributed by atoms with Gasteiger partial charge in [0.2, 0.25) is 0 Å². The van der Waals surface area contributed by atoms with Crippen LogP contribution < -0.4 is 5.73 Å². The van der Waals surface area contributed by atoms with Gasteiger partial charge in [-0.25, -0.2) is 0 Å². The topological polar surface area (TPSA) is 26.0 Å². The van der Waals surface area contributed by atoms with E-state index in [1.807, 2.05) is 12.1 Å². The highest BCUT2D eigenvalue weighted by Gasteiger charge is 2.15. The number of benzene rings is 1. The van der Waals surface area contributed by atoms with Crippen molar-refractivity contribution in [3.8, 4) is 0 Å². The van der Waals surface area contributed by atoms with E-state index in [9.17, 15) is 0 Å². The summed E-state index contributed by atoms with van der Waals surface area (Å²) < 4.78 is 0. The third kappa shape index (κ3) is 2.54. The van der Waals surface area contributed by atoms with Crippen molar-refractivity contribution < 1.29 is 0 Å². The Morgan fingerprint density at radius 3 is 2.80 bits per heavy atom. The molecule has 1 aromatic rings. The first-order chi connectivity index (χ1) is 7.16. The molecule has 1 unspecified atom stereocenters. The predicted octanol–water partition coefficient (Wildman–Crippen LogP) is 3.89. The fraction of sp³-hybridized carbons (Fsp3) is 0.333. The summed E-state index contributed by atoms with van der Waals surface area (Å²) in [5.74, 6) is 0. The second-order valence-electron chi connectivity index (χ2n) is 3.95. The van der Waals surface area contributed by atoms with Crippen LogP contribution in [0.2, 0.25) is 10.0 Å². The molecule has 0 aromatic heterocycles. The lowest BCUT2D eigenvalue weighted by atomic mass is 10.1. The van der Waals surface area contributed by atoms with Gasteiger partial charge in [-0.2, -0.15) is 0 Å². The monoisotopic (exact) mass is 241 g/mol. The molecule has 1 aliphatic carbocycles. The SMILES string of the molecule is NC1CC/C(=C/c2cccc(Cl)c2Cl)C1. The first kappa shape index (κ1) is 11.0. The van der Waals surface area contributed by atoms with Crippen molar-refractivity contribution in [3.05, 3.63) is 39.4 Å². The lowest BCUT2D eigenvalue weighted by Gasteiger charge is -2.02. The molecule has 0 aliphatic heterocycles. The van der Waals surface area contributed by atoms with Crippen LogP contribution in [-0.4, -0.2) is 6.04 Å². The normalized spacial score (nSPS) is 23.7. The van der Waals surface area contributed by atoms with E-state index in [2.05, 4.69) is 6.08 Å². The molecular formula is C12H13Cl2N. The number of rotatable bonds is 1. The molecule has 0 amide bonds. The van der Waals surface area contributed by atoms with Gasteiger partial charge in [0.1, 0.15) is 0 Å². The van der Waals surface area contributed by atoms with Crippen LogP contribution in [0.5, 0.6) is 0 Å². The van der Waals surface area contributed by atoms with Crippen LogP contribution in [-0.2, 0) is 0 Å². The fourth-order valence-corrected chi connectivity index (χ4v) is 2.26. The van der Waals surface area contributed by atoms with E-state index < -0.39 is 0 Å². The standard InChI is InChI=1S/C12H13Cl2N/c13-11-3-1-2-9(12(11)14)6-8-4-5-10(15)7-8/h1-3,6,10H,4-5,7,15H2/b8-6-. The Bertz CT molecular complexity index is 399. The van der Waals surface area contributed by atoms with Crippen LogP contribution in [0, 0.1) is 0 Å². The van der Waals surface area contributed by atoms with E-state index in [-0.39, 0.29) is 0 Å². The summed E-state index contributed by atoms with van der Waals surface area (Å²) in [6, 6.07) is 6.00. The van der Waals surface area contributed by atoms with E-state index in [1.54, 1.807) is 6.07 Å². The largest absolute Gasteiger partial charge is 0.327 e. The highest BCUT2D eigenvalue weighted by atomic mass is 35.5. The maximum absolute atomic E-state index is 6.10. The highest BCUT2D eigenvalue weighted by Crippen LogP contribution is 2.31. The molecule has 0 saturated heterocycles. The molecule has 0 radical (unpaired) electrons. The van der Waals surface area contributed by atoms with Crippen LogP contribution in [0.4, 0.5) is 0 Å². The van der Waals surface area contributed by atoms with Gasteiger partial charge in [0.15, 0.2) is 0 Å². The molecule has 1 saturated carbocycles. The summed E-state index contributed by atoms with van der Waals surface area (Å²) in [4.78, 5) is 0. The third-order valence-corrected chi connectivity index (χ3v) is 3.54. The van der Waals surface area contributed by atoms with Gasteiger partial charge < -0.3 is 5.73 Å². The molecule has 0 heterocycles. The molecule has 1 aromatic carbocycles. The second-order valence-corrected chi connectivity index (χ2v) is 4.73. The number of hydrogen-bond donors (Lipinski definition) is 1. The van der Waals surface area contributed by atoms with Gasteiger partial charge in [-0.1, -0.05) is 47.0 Å². The van der Waals surface area contributed by atoms with Crippen molar-refractivity contribution in [2.75, 3.05) is 0 Å². The number of hydrogen-bond acceptors (Lipinski definition) is 1. The van der Waals surface area contributed by atoms with Crippen molar-refractivity contribution in [2.45, 2.75) is 25.3 Å². The van der Waals surface area contributed by atoms with Crippen molar-refractivity contribution >= 4 is 29.3 Å². The average molecular weight is 242 g/mol. The van der Waals surface area contributed by atoms with Gasteiger partial charge in [-0.05, 0) is 30.9 Å². The Morgan fingerprint density at radius 2 is 2.13 bits per heavy atom. The van der Waals surface area contributed by atoms with Gasteiger partial charge in [0.05, 0.1) is 10.0 Å². The molecule has 1 atom stereocenters. The fourth-order valence-electron chi connectivity index (χ4n) is 1.89. The summed E-state index contributed by atoms with van der Waals surface area (Å²) in [5.41, 5.74) is 8.21. The van der Waals surface area contributed by atoms with E-state index in [4.69, 9.17) is 28.9 Å². The van der Waals surface area contributed by atoms with E-state index >= 15 is 0 Å². The Kier molecular flexibility index (Phi) is 3.35. The molecule has 2 N–H and O–H groups in total. The summed E-state index contributed by atoms with van der Waals surface area (Å²) in [6.45, 7) is 0. The smallest absolute Gasteiger partial charge is 0.0664 e. The van der Waals surface area contributed by atoms with Crippen LogP contribution in [0.1, 0.15) is 24.8 Å².